The maximum absolute atomic E-state index is 12.4. The topological polar surface area (TPSA) is 50.6 Å². The van der Waals surface area contributed by atoms with Crippen LogP contribution in [0.15, 0.2) is 0 Å². The van der Waals surface area contributed by atoms with Crippen molar-refractivity contribution in [2.45, 2.75) is 51.0 Å². The molecule has 3 aliphatic rings. The Labute approximate surface area is 150 Å². The maximum atomic E-state index is 12.4. The lowest BCUT2D eigenvalue weighted by Crippen LogP contribution is -2.42. The molecule has 0 radical (unpaired) electrons. The van der Waals surface area contributed by atoms with E-state index in [-0.39, 0.29) is 5.91 Å². The third-order valence-corrected chi connectivity index (χ3v) is 6.05. The maximum Gasteiger partial charge on any atom is 0.224 e. The van der Waals surface area contributed by atoms with Crippen LogP contribution in [0.25, 0.3) is 0 Å². The zero-order valence-electron chi connectivity index (χ0n) is 15.4. The van der Waals surface area contributed by atoms with Crippen molar-refractivity contribution in [2.24, 2.45) is 7.05 Å². The van der Waals surface area contributed by atoms with E-state index >= 15 is 0 Å². The van der Waals surface area contributed by atoms with Crippen LogP contribution in [-0.4, -0.2) is 64.7 Å². The average molecular weight is 346 g/mol. The summed E-state index contributed by atoms with van der Waals surface area (Å²) < 4.78 is 7.69. The highest BCUT2D eigenvalue weighted by Gasteiger charge is 2.32. The number of hydrogen-bond donors (Lipinski definition) is 0. The minimum Gasteiger partial charge on any atom is -0.378 e. The molecule has 6 nitrogen and oxygen atoms in total. The van der Waals surface area contributed by atoms with Gasteiger partial charge in [-0.15, -0.1) is 0 Å². The van der Waals surface area contributed by atoms with Crippen molar-refractivity contribution in [2.75, 3.05) is 39.4 Å². The summed E-state index contributed by atoms with van der Waals surface area (Å²) in [4.78, 5) is 21.9. The first-order valence-electron chi connectivity index (χ1n) is 9.88. The quantitative estimate of drug-likeness (QED) is 0.832. The van der Waals surface area contributed by atoms with Gasteiger partial charge < -0.3 is 14.2 Å². The minimum absolute atomic E-state index is 0.271. The van der Waals surface area contributed by atoms with E-state index in [1.807, 2.05) is 4.90 Å². The lowest BCUT2D eigenvalue weighted by atomic mass is 10.0. The third kappa shape index (κ3) is 3.47. The number of imidazole rings is 1. The molecule has 6 heteroatoms. The number of carbonyl (C=O) groups is 1. The Kier molecular flexibility index (Phi) is 5.08. The zero-order chi connectivity index (χ0) is 17.2. The SMILES string of the molecule is Cn1c([C@H]2CCCN2CCC(=O)N2CCOCC2)nc2c1CCCC2. The van der Waals surface area contributed by atoms with Gasteiger partial charge in [0.25, 0.3) is 0 Å². The zero-order valence-corrected chi connectivity index (χ0v) is 15.4. The number of fused-ring (bicyclic) bond motifs is 1. The highest BCUT2D eigenvalue weighted by Crippen LogP contribution is 2.33. The van der Waals surface area contributed by atoms with Gasteiger partial charge in [0.2, 0.25) is 5.91 Å². The molecule has 0 saturated carbocycles. The standard InChI is InChI=1S/C19H30N4O2/c1-21-16-6-3-2-5-15(16)20-19(21)17-7-4-9-22(17)10-8-18(24)23-11-13-25-14-12-23/h17H,2-14H2,1H3/t17-/m1/s1. The normalized spacial score (nSPS) is 24.5. The first-order chi connectivity index (χ1) is 12.2. The average Bonchev–Trinajstić information content (AvgIpc) is 3.25. The molecule has 1 aliphatic carbocycles. The van der Waals surface area contributed by atoms with Gasteiger partial charge in [-0.1, -0.05) is 0 Å². The van der Waals surface area contributed by atoms with Crippen LogP contribution in [0.3, 0.4) is 0 Å². The molecule has 2 saturated heterocycles. The fourth-order valence-corrected chi connectivity index (χ4v) is 4.60. The largest absolute Gasteiger partial charge is 0.378 e. The van der Waals surface area contributed by atoms with Crippen LogP contribution >= 0.6 is 0 Å². The van der Waals surface area contributed by atoms with E-state index in [9.17, 15) is 4.79 Å². The monoisotopic (exact) mass is 346 g/mol. The van der Waals surface area contributed by atoms with Crippen LogP contribution in [0.1, 0.15) is 55.4 Å². The first-order valence-corrected chi connectivity index (χ1v) is 9.88. The van der Waals surface area contributed by atoms with Crippen LogP contribution < -0.4 is 0 Å². The van der Waals surface area contributed by atoms with E-state index in [1.54, 1.807) is 0 Å². The number of ether oxygens (including phenoxy) is 1. The summed E-state index contributed by atoms with van der Waals surface area (Å²) in [6.07, 6.45) is 7.83. The van der Waals surface area contributed by atoms with Crippen LogP contribution in [0, 0.1) is 0 Å². The van der Waals surface area contributed by atoms with Crippen molar-refractivity contribution in [1.82, 2.24) is 19.4 Å². The highest BCUT2D eigenvalue weighted by atomic mass is 16.5. The van der Waals surface area contributed by atoms with Gasteiger partial charge in [0.1, 0.15) is 5.82 Å². The van der Waals surface area contributed by atoms with Crippen LogP contribution in [0.2, 0.25) is 0 Å². The van der Waals surface area contributed by atoms with Gasteiger partial charge in [-0.25, -0.2) is 4.98 Å². The number of likely N-dealkylation sites (tertiary alicyclic amines) is 1. The number of aromatic nitrogens is 2. The molecule has 138 valence electrons. The molecule has 1 atom stereocenters. The Morgan fingerprint density at radius 1 is 1.16 bits per heavy atom. The van der Waals surface area contributed by atoms with E-state index < -0.39 is 0 Å². The summed E-state index contributed by atoms with van der Waals surface area (Å²) in [7, 11) is 2.18. The summed E-state index contributed by atoms with van der Waals surface area (Å²) in [5.41, 5.74) is 2.76. The number of aryl methyl sites for hydroxylation is 1. The van der Waals surface area contributed by atoms with Crippen molar-refractivity contribution in [1.29, 1.82) is 0 Å². The highest BCUT2D eigenvalue weighted by molar-refractivity contribution is 5.76. The number of morpholine rings is 1. The predicted octanol–water partition coefficient (Wildman–Crippen LogP) is 1.68. The number of amides is 1. The molecule has 2 aliphatic heterocycles. The fraction of sp³-hybridized carbons (Fsp3) is 0.789. The Balaban J connectivity index is 1.40. The third-order valence-electron chi connectivity index (χ3n) is 6.05. The van der Waals surface area contributed by atoms with Gasteiger partial charge in [0.05, 0.1) is 24.9 Å². The van der Waals surface area contributed by atoms with Crippen molar-refractivity contribution in [3.8, 4) is 0 Å². The molecule has 0 N–H and O–H groups in total. The number of nitrogens with zero attached hydrogens (tertiary/aromatic N) is 4. The second-order valence-electron chi connectivity index (χ2n) is 7.57. The smallest absolute Gasteiger partial charge is 0.224 e. The van der Waals surface area contributed by atoms with E-state index in [0.717, 1.165) is 39.0 Å². The van der Waals surface area contributed by atoms with E-state index in [4.69, 9.17) is 9.72 Å². The fourth-order valence-electron chi connectivity index (χ4n) is 4.60. The minimum atomic E-state index is 0.271. The lowest BCUT2D eigenvalue weighted by molar-refractivity contribution is -0.135. The molecule has 1 aromatic rings. The van der Waals surface area contributed by atoms with E-state index in [0.29, 0.717) is 25.7 Å². The van der Waals surface area contributed by atoms with Gasteiger partial charge in [-0.2, -0.15) is 0 Å². The van der Waals surface area contributed by atoms with Gasteiger partial charge in [-0.05, 0) is 45.1 Å². The van der Waals surface area contributed by atoms with Gasteiger partial charge in [0.15, 0.2) is 0 Å². The van der Waals surface area contributed by atoms with Crippen molar-refractivity contribution in [3.63, 3.8) is 0 Å². The van der Waals surface area contributed by atoms with Gasteiger partial charge in [-0.3, -0.25) is 9.69 Å². The summed E-state index contributed by atoms with van der Waals surface area (Å²) in [5, 5.41) is 0. The number of carbonyl (C=O) groups excluding carboxylic acids is 1. The number of rotatable bonds is 4. The van der Waals surface area contributed by atoms with Crippen molar-refractivity contribution in [3.05, 3.63) is 17.2 Å². The summed E-state index contributed by atoms with van der Waals surface area (Å²) in [6.45, 7) is 4.77. The lowest BCUT2D eigenvalue weighted by Gasteiger charge is -2.29. The second-order valence-corrected chi connectivity index (χ2v) is 7.57. The Morgan fingerprint density at radius 2 is 1.96 bits per heavy atom. The molecule has 4 rings (SSSR count). The molecule has 25 heavy (non-hydrogen) atoms. The molecule has 0 spiro atoms. The molecule has 2 fully saturated rings. The summed E-state index contributed by atoms with van der Waals surface area (Å²) in [6, 6.07) is 0.382. The van der Waals surface area contributed by atoms with Crippen molar-refractivity contribution >= 4 is 5.91 Å². The van der Waals surface area contributed by atoms with Gasteiger partial charge in [0, 0.05) is 38.8 Å². The Morgan fingerprint density at radius 3 is 2.76 bits per heavy atom. The molecular weight excluding hydrogens is 316 g/mol. The second kappa shape index (κ2) is 7.46. The summed E-state index contributed by atoms with van der Waals surface area (Å²) >= 11 is 0. The molecule has 1 aromatic heterocycles. The number of hydrogen-bond acceptors (Lipinski definition) is 4. The molecule has 3 heterocycles. The molecule has 0 aromatic carbocycles. The molecule has 0 unspecified atom stereocenters. The first kappa shape index (κ1) is 17.0. The van der Waals surface area contributed by atoms with Crippen molar-refractivity contribution < 1.29 is 9.53 Å². The van der Waals surface area contributed by atoms with Crippen LogP contribution in [-0.2, 0) is 29.4 Å². The molecule has 1 amide bonds. The van der Waals surface area contributed by atoms with Crippen LogP contribution in [0.4, 0.5) is 0 Å². The molecule has 0 bridgehead atoms. The van der Waals surface area contributed by atoms with E-state index in [1.165, 1.54) is 42.9 Å². The predicted molar refractivity (Wildman–Crippen MR) is 95.4 cm³/mol. The van der Waals surface area contributed by atoms with E-state index in [2.05, 4.69) is 16.5 Å². The summed E-state index contributed by atoms with van der Waals surface area (Å²) in [5.74, 6) is 1.50. The molecular formula is C19H30N4O2. The van der Waals surface area contributed by atoms with Gasteiger partial charge >= 0.3 is 0 Å². The Bertz CT molecular complexity index is 621. The Hall–Kier alpha value is -1.40. The van der Waals surface area contributed by atoms with Crippen LogP contribution in [0.5, 0.6) is 0 Å².